The number of alkyl halides is 3. The number of carbonyl (C=O) groups is 2. The zero-order valence-corrected chi connectivity index (χ0v) is 19.2. The van der Waals surface area contributed by atoms with Gasteiger partial charge >= 0.3 is 18.1 Å². The van der Waals surface area contributed by atoms with Crippen molar-refractivity contribution in [3.63, 3.8) is 0 Å². The van der Waals surface area contributed by atoms with Crippen molar-refractivity contribution in [2.45, 2.75) is 52.5 Å². The highest BCUT2D eigenvalue weighted by molar-refractivity contribution is 5.99. The fraction of sp³-hybridized carbons (Fsp3) is 0.320. The minimum Gasteiger partial charge on any atom is -0.460 e. The van der Waals surface area contributed by atoms with Crippen LogP contribution in [0, 0.1) is 0 Å². The summed E-state index contributed by atoms with van der Waals surface area (Å²) in [7, 11) is 0. The zero-order chi connectivity index (χ0) is 25.0. The summed E-state index contributed by atoms with van der Waals surface area (Å²) in [5.41, 5.74) is 1.47. The van der Waals surface area contributed by atoms with Gasteiger partial charge in [0.25, 0.3) is 0 Å². The Morgan fingerprint density at radius 1 is 1.00 bits per heavy atom. The van der Waals surface area contributed by atoms with Crippen molar-refractivity contribution in [1.82, 2.24) is 10.3 Å². The zero-order valence-electron chi connectivity index (χ0n) is 19.2. The highest BCUT2D eigenvalue weighted by Gasteiger charge is 2.39. The van der Waals surface area contributed by atoms with Crippen LogP contribution in [0.15, 0.2) is 71.2 Å². The van der Waals surface area contributed by atoms with E-state index >= 15 is 0 Å². The molecule has 6 nitrogen and oxygen atoms in total. The molecule has 2 heterocycles. The van der Waals surface area contributed by atoms with Crippen molar-refractivity contribution in [3.8, 4) is 0 Å². The lowest BCUT2D eigenvalue weighted by Gasteiger charge is -2.30. The second-order valence-electron chi connectivity index (χ2n) is 8.11. The van der Waals surface area contributed by atoms with Crippen LogP contribution in [-0.2, 0) is 31.8 Å². The molecule has 3 rings (SSSR count). The Balaban J connectivity index is 1.90. The van der Waals surface area contributed by atoms with Crippen LogP contribution >= 0.6 is 0 Å². The Bertz CT molecular complexity index is 1120. The van der Waals surface area contributed by atoms with Gasteiger partial charge in [-0.05, 0) is 57.5 Å². The number of dihydropyridines is 1. The first-order valence-corrected chi connectivity index (χ1v) is 10.6. The van der Waals surface area contributed by atoms with Crippen molar-refractivity contribution in [1.29, 1.82) is 0 Å². The summed E-state index contributed by atoms with van der Waals surface area (Å²) in [6.45, 7) is 6.59. The van der Waals surface area contributed by atoms with Crippen LogP contribution < -0.4 is 5.32 Å². The number of hydrogen-bond donors (Lipinski definition) is 1. The van der Waals surface area contributed by atoms with Crippen LogP contribution in [0.25, 0.3) is 0 Å². The summed E-state index contributed by atoms with van der Waals surface area (Å²) in [4.78, 5) is 30.5. The topological polar surface area (TPSA) is 77.5 Å². The Labute approximate surface area is 195 Å². The standard InChI is InChI=1S/C25H25F3N2O4/c1-14(2)34-24(32)21-16(4)30-15(3)20(22(21)19-7-5-6-12-29-19)23(31)33-13-17-8-10-18(11-9-17)25(26,27)28/h5-12,14,22,30H,13H2,1-4H3. The van der Waals surface area contributed by atoms with Crippen molar-refractivity contribution in [2.24, 2.45) is 0 Å². The molecule has 9 heteroatoms. The van der Waals surface area contributed by atoms with Crippen LogP contribution in [0.1, 0.15) is 50.4 Å². The molecule has 1 unspecified atom stereocenters. The number of halogens is 3. The predicted molar refractivity (Wildman–Crippen MR) is 118 cm³/mol. The van der Waals surface area contributed by atoms with Crippen molar-refractivity contribution in [2.75, 3.05) is 0 Å². The molecule has 1 aliphatic rings. The highest BCUT2D eigenvalue weighted by Crippen LogP contribution is 2.38. The van der Waals surface area contributed by atoms with Gasteiger partial charge in [0, 0.05) is 17.6 Å². The number of rotatable bonds is 6. The maximum atomic E-state index is 13.2. The SMILES string of the molecule is CC1=C(C(=O)OCc2ccc(C(F)(F)F)cc2)C(c2ccccn2)C(C(=O)OC(C)C)=C(C)N1. The lowest BCUT2D eigenvalue weighted by molar-refractivity contribution is -0.143. The summed E-state index contributed by atoms with van der Waals surface area (Å²) in [5, 5.41) is 3.04. The first-order chi connectivity index (χ1) is 16.0. The molecular formula is C25H25F3N2O4. The van der Waals surface area contributed by atoms with E-state index in [1.807, 2.05) is 0 Å². The summed E-state index contributed by atoms with van der Waals surface area (Å²) < 4.78 is 49.2. The number of benzene rings is 1. The molecule has 1 atom stereocenters. The average molecular weight is 474 g/mol. The molecule has 1 aliphatic heterocycles. The summed E-state index contributed by atoms with van der Waals surface area (Å²) >= 11 is 0. The number of nitrogens with zero attached hydrogens (tertiary/aromatic N) is 1. The van der Waals surface area contributed by atoms with Gasteiger partial charge in [0.15, 0.2) is 0 Å². The molecule has 0 amide bonds. The number of carbonyl (C=O) groups excluding carboxylic acids is 2. The average Bonchev–Trinajstić information content (AvgIpc) is 2.76. The van der Waals surface area contributed by atoms with Gasteiger partial charge in [-0.25, -0.2) is 9.59 Å². The summed E-state index contributed by atoms with van der Waals surface area (Å²) in [6.07, 6.45) is -3.27. The van der Waals surface area contributed by atoms with E-state index in [0.29, 0.717) is 22.7 Å². The monoisotopic (exact) mass is 474 g/mol. The summed E-state index contributed by atoms with van der Waals surface area (Å²) in [5.74, 6) is -2.15. The first kappa shape index (κ1) is 25.0. The third-order valence-electron chi connectivity index (χ3n) is 5.18. The number of pyridine rings is 1. The number of ether oxygens (including phenoxy) is 2. The van der Waals surface area contributed by atoms with Crippen LogP contribution in [-0.4, -0.2) is 23.0 Å². The van der Waals surface area contributed by atoms with Gasteiger partial charge in [0.1, 0.15) is 6.61 Å². The van der Waals surface area contributed by atoms with Crippen LogP contribution in [0.5, 0.6) is 0 Å². The van der Waals surface area contributed by atoms with Crippen LogP contribution in [0.2, 0.25) is 0 Å². The predicted octanol–water partition coefficient (Wildman–Crippen LogP) is 5.03. The first-order valence-electron chi connectivity index (χ1n) is 10.6. The minimum absolute atomic E-state index is 0.173. The fourth-order valence-electron chi connectivity index (χ4n) is 3.67. The molecule has 0 radical (unpaired) electrons. The van der Waals surface area contributed by atoms with Crippen LogP contribution in [0.4, 0.5) is 13.2 Å². The molecule has 0 saturated heterocycles. The van der Waals surface area contributed by atoms with Gasteiger partial charge in [-0.1, -0.05) is 18.2 Å². The lowest BCUT2D eigenvalue weighted by Crippen LogP contribution is -2.33. The minimum atomic E-state index is -4.45. The van der Waals surface area contributed by atoms with Crippen molar-refractivity contribution in [3.05, 3.63) is 88.0 Å². The molecule has 1 aromatic heterocycles. The third-order valence-corrected chi connectivity index (χ3v) is 5.18. The van der Waals surface area contributed by atoms with E-state index < -0.39 is 29.6 Å². The largest absolute Gasteiger partial charge is 0.460 e. The van der Waals surface area contributed by atoms with Gasteiger partial charge in [-0.15, -0.1) is 0 Å². The Morgan fingerprint density at radius 2 is 1.62 bits per heavy atom. The van der Waals surface area contributed by atoms with Gasteiger partial charge in [-0.3, -0.25) is 4.98 Å². The van der Waals surface area contributed by atoms with E-state index in [1.165, 1.54) is 12.1 Å². The number of aromatic nitrogens is 1. The van der Waals surface area contributed by atoms with Crippen LogP contribution in [0.3, 0.4) is 0 Å². The second kappa shape index (κ2) is 10.1. The number of esters is 2. The molecule has 180 valence electrons. The number of allylic oxidation sites excluding steroid dienone is 2. The Kier molecular flexibility index (Phi) is 7.44. The number of hydrogen-bond acceptors (Lipinski definition) is 6. The molecule has 1 aromatic carbocycles. The van der Waals surface area contributed by atoms with Gasteiger partial charge in [0.05, 0.1) is 34.4 Å². The maximum Gasteiger partial charge on any atom is 0.416 e. The van der Waals surface area contributed by atoms with Gasteiger partial charge < -0.3 is 14.8 Å². The Morgan fingerprint density at radius 3 is 2.15 bits per heavy atom. The van der Waals surface area contributed by atoms with E-state index in [4.69, 9.17) is 9.47 Å². The van der Waals surface area contributed by atoms with Crippen molar-refractivity contribution >= 4 is 11.9 Å². The summed E-state index contributed by atoms with van der Waals surface area (Å²) in [6, 6.07) is 9.52. The molecule has 0 bridgehead atoms. The quantitative estimate of drug-likeness (QED) is 0.592. The molecule has 0 aliphatic carbocycles. The van der Waals surface area contributed by atoms with E-state index in [9.17, 15) is 22.8 Å². The maximum absolute atomic E-state index is 13.2. The van der Waals surface area contributed by atoms with E-state index in [2.05, 4.69) is 10.3 Å². The van der Waals surface area contributed by atoms with Crippen molar-refractivity contribution < 1.29 is 32.2 Å². The lowest BCUT2D eigenvalue weighted by atomic mass is 9.82. The molecule has 0 fully saturated rings. The normalized spacial score (nSPS) is 16.4. The molecular weight excluding hydrogens is 449 g/mol. The smallest absolute Gasteiger partial charge is 0.416 e. The Hall–Kier alpha value is -3.62. The molecule has 34 heavy (non-hydrogen) atoms. The highest BCUT2D eigenvalue weighted by atomic mass is 19.4. The molecule has 0 saturated carbocycles. The van der Waals surface area contributed by atoms with Gasteiger partial charge in [-0.2, -0.15) is 13.2 Å². The fourth-order valence-corrected chi connectivity index (χ4v) is 3.67. The van der Waals surface area contributed by atoms with Gasteiger partial charge in [0.2, 0.25) is 0 Å². The van der Waals surface area contributed by atoms with E-state index in [-0.39, 0.29) is 23.9 Å². The third kappa shape index (κ3) is 5.65. The van der Waals surface area contributed by atoms with E-state index in [1.54, 1.807) is 52.1 Å². The molecule has 2 aromatic rings. The molecule has 1 N–H and O–H groups in total. The number of nitrogens with one attached hydrogen (secondary N) is 1. The second-order valence-corrected chi connectivity index (χ2v) is 8.11. The molecule has 0 spiro atoms. The van der Waals surface area contributed by atoms with E-state index in [0.717, 1.165) is 12.1 Å².